The maximum Gasteiger partial charge on any atom is 0.000750 e. The Hall–Kier alpha value is -0.0400. The number of likely N-dealkylation sites (tertiary alicyclic amines) is 1. The molecule has 0 saturated carbocycles. The number of hydrogen-bond acceptors (Lipinski definition) is 1. The lowest BCUT2D eigenvalue weighted by atomic mass is 9.90. The first-order valence-corrected chi connectivity index (χ1v) is 5.70. The maximum absolute atomic E-state index is 2.62. The van der Waals surface area contributed by atoms with Crippen LogP contribution in [0.25, 0.3) is 0 Å². The molecule has 0 bridgehead atoms. The molecule has 1 unspecified atom stereocenters. The Bertz CT molecular complexity index is 146. The quantitative estimate of drug-likeness (QED) is 0.649. The van der Waals surface area contributed by atoms with Gasteiger partial charge in [-0.2, -0.15) is 0 Å². The van der Waals surface area contributed by atoms with Crippen LogP contribution in [-0.2, 0) is 0 Å². The predicted molar refractivity (Wildman–Crippen MR) is 58.9 cm³/mol. The van der Waals surface area contributed by atoms with Crippen LogP contribution in [0.4, 0.5) is 0 Å². The van der Waals surface area contributed by atoms with E-state index in [1.54, 1.807) is 0 Å². The molecule has 1 nitrogen and oxygen atoms in total. The Morgan fingerprint density at radius 1 is 1.31 bits per heavy atom. The molecule has 0 amide bonds. The summed E-state index contributed by atoms with van der Waals surface area (Å²) in [5, 5.41) is 0. The van der Waals surface area contributed by atoms with Gasteiger partial charge in [-0.25, -0.2) is 0 Å². The van der Waals surface area contributed by atoms with Crippen LogP contribution in [0.1, 0.15) is 47.0 Å². The number of nitrogens with zero attached hydrogens (tertiary/aromatic N) is 1. The Morgan fingerprint density at radius 3 is 2.46 bits per heavy atom. The molecule has 13 heavy (non-hydrogen) atoms. The minimum atomic E-state index is 0.519. The average Bonchev–Trinajstić information content (AvgIpc) is 2.33. The van der Waals surface area contributed by atoms with Gasteiger partial charge >= 0.3 is 0 Å². The van der Waals surface area contributed by atoms with Crippen molar-refractivity contribution in [3.8, 4) is 0 Å². The van der Waals surface area contributed by atoms with Gasteiger partial charge in [-0.3, -0.25) is 0 Å². The van der Waals surface area contributed by atoms with Gasteiger partial charge in [0.1, 0.15) is 0 Å². The highest BCUT2D eigenvalue weighted by Crippen LogP contribution is 2.22. The van der Waals surface area contributed by atoms with Gasteiger partial charge in [0.25, 0.3) is 0 Å². The van der Waals surface area contributed by atoms with Crippen molar-refractivity contribution >= 4 is 0 Å². The standard InChI is InChI=1S/C12H25N/c1-11-6-9-13(10-11)8-5-7-12(2,3)4/h11H,5-10H2,1-4H3. The normalized spacial score (nSPS) is 25.4. The molecule has 0 aliphatic carbocycles. The monoisotopic (exact) mass is 183 g/mol. The highest BCUT2D eigenvalue weighted by molar-refractivity contribution is 4.72. The Balaban J connectivity index is 2.07. The topological polar surface area (TPSA) is 3.24 Å². The van der Waals surface area contributed by atoms with Crippen molar-refractivity contribution in [3.63, 3.8) is 0 Å². The summed E-state index contributed by atoms with van der Waals surface area (Å²) in [6.07, 6.45) is 4.14. The third-order valence-corrected chi connectivity index (χ3v) is 2.91. The van der Waals surface area contributed by atoms with Gasteiger partial charge in [0.05, 0.1) is 0 Å². The van der Waals surface area contributed by atoms with Crippen LogP contribution >= 0.6 is 0 Å². The second kappa shape index (κ2) is 4.45. The molecule has 78 valence electrons. The van der Waals surface area contributed by atoms with Crippen LogP contribution in [0.2, 0.25) is 0 Å². The average molecular weight is 183 g/mol. The van der Waals surface area contributed by atoms with Crippen LogP contribution in [0.5, 0.6) is 0 Å². The molecule has 1 atom stereocenters. The molecule has 1 rings (SSSR count). The van der Waals surface area contributed by atoms with E-state index in [9.17, 15) is 0 Å². The summed E-state index contributed by atoms with van der Waals surface area (Å²) in [7, 11) is 0. The molecule has 0 aromatic rings. The smallest absolute Gasteiger partial charge is 0.000750 e. The van der Waals surface area contributed by atoms with Gasteiger partial charge in [0, 0.05) is 6.54 Å². The first-order chi connectivity index (χ1) is 5.97. The van der Waals surface area contributed by atoms with Crippen molar-refractivity contribution in [2.45, 2.75) is 47.0 Å². The van der Waals surface area contributed by atoms with Crippen LogP contribution in [-0.4, -0.2) is 24.5 Å². The molecule has 1 aliphatic heterocycles. The van der Waals surface area contributed by atoms with Crippen molar-refractivity contribution in [1.82, 2.24) is 4.90 Å². The highest BCUT2D eigenvalue weighted by atomic mass is 15.1. The Labute approximate surface area is 83.5 Å². The van der Waals surface area contributed by atoms with Gasteiger partial charge in [0.15, 0.2) is 0 Å². The fraction of sp³-hybridized carbons (Fsp3) is 1.00. The summed E-state index contributed by atoms with van der Waals surface area (Å²) in [5.41, 5.74) is 0.519. The van der Waals surface area contributed by atoms with E-state index in [1.807, 2.05) is 0 Å². The van der Waals surface area contributed by atoms with Crippen molar-refractivity contribution in [3.05, 3.63) is 0 Å². The molecular weight excluding hydrogens is 158 g/mol. The second-order valence-electron chi connectivity index (χ2n) is 5.86. The van der Waals surface area contributed by atoms with Crippen LogP contribution in [0.3, 0.4) is 0 Å². The Morgan fingerprint density at radius 2 is 2.00 bits per heavy atom. The molecule has 1 aliphatic rings. The van der Waals surface area contributed by atoms with Gasteiger partial charge in [0.2, 0.25) is 0 Å². The number of hydrogen-bond donors (Lipinski definition) is 0. The van der Waals surface area contributed by atoms with Crippen LogP contribution in [0, 0.1) is 11.3 Å². The van der Waals surface area contributed by atoms with Gasteiger partial charge in [-0.1, -0.05) is 27.7 Å². The largest absolute Gasteiger partial charge is 0.303 e. The first-order valence-electron chi connectivity index (χ1n) is 5.70. The summed E-state index contributed by atoms with van der Waals surface area (Å²) in [5.74, 6) is 0.939. The highest BCUT2D eigenvalue weighted by Gasteiger charge is 2.18. The van der Waals surface area contributed by atoms with Crippen LogP contribution < -0.4 is 0 Å². The summed E-state index contributed by atoms with van der Waals surface area (Å²) >= 11 is 0. The number of rotatable bonds is 3. The van der Waals surface area contributed by atoms with E-state index in [0.717, 1.165) is 5.92 Å². The maximum atomic E-state index is 2.62. The first kappa shape index (κ1) is 11.0. The van der Waals surface area contributed by atoms with Gasteiger partial charge in [-0.15, -0.1) is 0 Å². The summed E-state index contributed by atoms with van der Waals surface area (Å²) in [6, 6.07) is 0. The zero-order chi connectivity index (χ0) is 9.90. The molecule has 0 aromatic carbocycles. The van der Waals surface area contributed by atoms with Crippen molar-refractivity contribution < 1.29 is 0 Å². The minimum absolute atomic E-state index is 0.519. The lowest BCUT2D eigenvalue weighted by molar-refractivity contribution is 0.283. The zero-order valence-electron chi connectivity index (χ0n) is 9.77. The third-order valence-electron chi connectivity index (χ3n) is 2.91. The van der Waals surface area contributed by atoms with E-state index < -0.39 is 0 Å². The molecule has 0 radical (unpaired) electrons. The van der Waals surface area contributed by atoms with Crippen molar-refractivity contribution in [2.24, 2.45) is 11.3 Å². The van der Waals surface area contributed by atoms with Gasteiger partial charge in [-0.05, 0) is 43.7 Å². The fourth-order valence-electron chi connectivity index (χ4n) is 2.06. The fourth-order valence-corrected chi connectivity index (χ4v) is 2.06. The summed E-state index contributed by atoms with van der Waals surface area (Å²) in [4.78, 5) is 2.62. The molecule has 0 N–H and O–H groups in total. The van der Waals surface area contributed by atoms with E-state index in [0.29, 0.717) is 5.41 Å². The predicted octanol–water partition coefficient (Wildman–Crippen LogP) is 3.15. The van der Waals surface area contributed by atoms with E-state index >= 15 is 0 Å². The molecule has 1 heteroatoms. The van der Waals surface area contributed by atoms with Crippen molar-refractivity contribution in [2.75, 3.05) is 19.6 Å². The summed E-state index contributed by atoms with van der Waals surface area (Å²) in [6.45, 7) is 13.4. The Kier molecular flexibility index (Phi) is 3.78. The minimum Gasteiger partial charge on any atom is -0.303 e. The van der Waals surface area contributed by atoms with E-state index in [2.05, 4.69) is 32.6 Å². The third kappa shape index (κ3) is 4.66. The second-order valence-corrected chi connectivity index (χ2v) is 5.86. The molecule has 1 heterocycles. The summed E-state index contributed by atoms with van der Waals surface area (Å²) < 4.78 is 0. The van der Waals surface area contributed by atoms with E-state index in [4.69, 9.17) is 0 Å². The molecule has 1 fully saturated rings. The molecule has 0 aromatic heterocycles. The van der Waals surface area contributed by atoms with Crippen molar-refractivity contribution in [1.29, 1.82) is 0 Å². The SMILES string of the molecule is CC1CCN(CCCC(C)(C)C)C1. The van der Waals surface area contributed by atoms with Crippen LogP contribution in [0.15, 0.2) is 0 Å². The van der Waals surface area contributed by atoms with Gasteiger partial charge < -0.3 is 4.90 Å². The molecular formula is C12H25N. The lowest BCUT2D eigenvalue weighted by Crippen LogP contribution is -2.22. The zero-order valence-corrected chi connectivity index (χ0v) is 9.77. The van der Waals surface area contributed by atoms with E-state index in [-0.39, 0.29) is 0 Å². The molecule has 1 saturated heterocycles. The molecule has 0 spiro atoms. The van der Waals surface area contributed by atoms with E-state index in [1.165, 1.54) is 38.9 Å². The lowest BCUT2D eigenvalue weighted by Gasteiger charge is -2.21.